The van der Waals surface area contributed by atoms with Crippen molar-refractivity contribution in [2.45, 2.75) is 87.6 Å². The number of hydrogen-bond acceptors (Lipinski definition) is 11. The van der Waals surface area contributed by atoms with E-state index in [0.717, 1.165) is 11.3 Å². The smallest absolute Gasteiger partial charge is 0.340 e. The van der Waals surface area contributed by atoms with E-state index in [1.807, 2.05) is 0 Å². The van der Waals surface area contributed by atoms with Gasteiger partial charge in [-0.3, -0.25) is 14.5 Å². The minimum absolute atomic E-state index is 0.0358. The summed E-state index contributed by atoms with van der Waals surface area (Å²) in [6.07, 6.45) is 0.813. The molecule has 12 heteroatoms. The molecule has 0 radical (unpaired) electrons. The van der Waals surface area contributed by atoms with Gasteiger partial charge in [-0.2, -0.15) is 0 Å². The first-order chi connectivity index (χ1) is 23.4. The number of methoxy groups -OCH3 is 4. The Morgan fingerprint density at radius 2 is 1.80 bits per heavy atom. The monoisotopic (exact) mass is 682 g/mol. The first-order valence-electron chi connectivity index (χ1n) is 17.9. The molecule has 0 aromatic heterocycles. The van der Waals surface area contributed by atoms with Gasteiger partial charge in [-0.25, -0.2) is 9.69 Å². The fourth-order valence-corrected chi connectivity index (χ4v) is 13.2. The lowest BCUT2D eigenvalue weighted by molar-refractivity contribution is -0.320. The summed E-state index contributed by atoms with van der Waals surface area (Å²) < 4.78 is 31.4. The number of nitrogens with zero attached hydrogens (tertiary/aromatic N) is 2. The Morgan fingerprint density at radius 1 is 1.04 bits per heavy atom. The van der Waals surface area contributed by atoms with Gasteiger partial charge in [-0.05, 0) is 43.9 Å². The summed E-state index contributed by atoms with van der Waals surface area (Å²) in [6, 6.07) is 6.12. The minimum atomic E-state index is -1.70. The van der Waals surface area contributed by atoms with Gasteiger partial charge in [0.15, 0.2) is 0 Å². The predicted molar refractivity (Wildman–Crippen MR) is 174 cm³/mol. The van der Waals surface area contributed by atoms with E-state index in [1.165, 1.54) is 0 Å². The molecule has 268 valence electrons. The third-order valence-electron chi connectivity index (χ3n) is 14.5. The Labute approximate surface area is 287 Å². The molecule has 2 saturated heterocycles. The first-order valence-corrected chi connectivity index (χ1v) is 17.9. The summed E-state index contributed by atoms with van der Waals surface area (Å²) in [5.74, 6) is -2.47. The number of carbonyl (C=O) groups is 3. The van der Waals surface area contributed by atoms with Gasteiger partial charge in [0.25, 0.3) is 0 Å². The molecule has 1 spiro atoms. The van der Waals surface area contributed by atoms with Crippen LogP contribution in [0, 0.1) is 40.4 Å². The number of imide groups is 1. The van der Waals surface area contributed by atoms with Gasteiger partial charge in [0.2, 0.25) is 11.8 Å². The number of amides is 2. The molecule has 0 unspecified atom stereocenters. The number of ether oxygens (including phenoxy) is 5. The molecule has 8 rings (SSSR count). The zero-order valence-electron chi connectivity index (χ0n) is 29.3. The molecule has 49 heavy (non-hydrogen) atoms. The number of rotatable bonds is 9. The lowest BCUT2D eigenvalue weighted by Gasteiger charge is -2.70. The predicted octanol–water partition coefficient (Wildman–Crippen LogP) is 2.04. The molecule has 5 saturated carbocycles. The second kappa shape index (κ2) is 11.3. The van der Waals surface area contributed by atoms with Crippen LogP contribution in [0.2, 0.25) is 0 Å². The van der Waals surface area contributed by atoms with Crippen molar-refractivity contribution in [1.82, 2.24) is 4.90 Å². The second-order valence-electron chi connectivity index (χ2n) is 16.0. The summed E-state index contributed by atoms with van der Waals surface area (Å²) in [4.78, 5) is 43.3. The largest absolute Gasteiger partial charge is 0.461 e. The highest BCUT2D eigenvalue weighted by Crippen LogP contribution is 2.80. The maximum absolute atomic E-state index is 14.1. The summed E-state index contributed by atoms with van der Waals surface area (Å²) in [5, 5.41) is 26.6. The number of aliphatic hydroxyl groups is 2. The van der Waals surface area contributed by atoms with Crippen molar-refractivity contribution in [1.29, 1.82) is 0 Å². The molecule has 2 amide bonds. The number of benzene rings is 1. The number of anilines is 1. The Balaban J connectivity index is 1.23. The van der Waals surface area contributed by atoms with Crippen LogP contribution in [0.3, 0.4) is 0 Å². The van der Waals surface area contributed by atoms with E-state index < -0.39 is 46.1 Å². The lowest BCUT2D eigenvalue weighted by atomic mass is 9.42. The van der Waals surface area contributed by atoms with Gasteiger partial charge in [-0.1, -0.05) is 26.0 Å². The number of piperidine rings is 1. The van der Waals surface area contributed by atoms with Crippen LogP contribution in [0.25, 0.3) is 0 Å². The average Bonchev–Trinajstić information content (AvgIpc) is 3.63. The normalized spacial score (nSPS) is 48.0. The van der Waals surface area contributed by atoms with Crippen molar-refractivity contribution in [3.8, 4) is 0 Å². The molecule has 1 aromatic rings. The van der Waals surface area contributed by atoms with Crippen LogP contribution < -0.4 is 4.90 Å². The topological polar surface area (TPSA) is 144 Å². The maximum atomic E-state index is 14.1. The van der Waals surface area contributed by atoms with E-state index in [-0.39, 0.29) is 84.5 Å². The lowest BCUT2D eigenvalue weighted by Crippen LogP contribution is -2.82. The number of fused-ring (bicyclic) bond motifs is 2. The number of likely N-dealkylation sites (tertiary alicyclic amines) is 1. The molecule has 2 heterocycles. The van der Waals surface area contributed by atoms with Gasteiger partial charge in [0, 0.05) is 82.3 Å². The van der Waals surface area contributed by atoms with Gasteiger partial charge >= 0.3 is 5.97 Å². The number of para-hydroxylation sites is 1. The third kappa shape index (κ3) is 3.86. The summed E-state index contributed by atoms with van der Waals surface area (Å²) in [5.41, 5.74) is -4.17. The molecule has 7 fully saturated rings. The van der Waals surface area contributed by atoms with E-state index >= 15 is 0 Å². The standard InChI is InChI=1S/C37H50N2O10/c1-7-38-17-34(18-49-32(42)20-10-8-9-11-23(20)39-26(40)14-19(2)31(39)41)13-12-25(46-4)36-22-15-21-24(45-3)16-35(43,27(22)28(21)47-5)37(44,33(36)38)30(48-6)29(34)36/h8-11,19,21-22,24-25,27-30,33,43-44H,7,12-18H2,1-6H3/t19-,21-,22+,24-,25-,27-,28-,29-,30-,33-,34-,35+,36-,37-/m0/s1. The van der Waals surface area contributed by atoms with Crippen molar-refractivity contribution in [2.24, 2.45) is 40.4 Å². The van der Waals surface area contributed by atoms with Gasteiger partial charge in [0.1, 0.15) is 11.2 Å². The van der Waals surface area contributed by atoms with E-state index in [1.54, 1.807) is 59.6 Å². The van der Waals surface area contributed by atoms with Crippen LogP contribution in [0.5, 0.6) is 0 Å². The van der Waals surface area contributed by atoms with Crippen LogP contribution in [0.1, 0.15) is 56.3 Å². The fourth-order valence-electron chi connectivity index (χ4n) is 13.2. The quantitative estimate of drug-likeness (QED) is 0.292. The SMILES string of the molecule is CCN1C[C@]2(COC(=O)c3ccccc3N3C(=O)C[C@H](C)C3=O)CC[C@H](OC)[C@@]34[C@@H]5C[C@@H]6[C@H](OC)[C@H]5[C@](O)(C[C@@H]6OC)[C@](O)([C@@H](OC)[C@@H]23)[C@@H]14. The van der Waals surface area contributed by atoms with Crippen molar-refractivity contribution in [2.75, 3.05) is 53.0 Å². The molecule has 5 aliphatic carbocycles. The molecule has 2 N–H and O–H groups in total. The summed E-state index contributed by atoms with van der Waals surface area (Å²) in [6.45, 7) is 4.95. The van der Waals surface area contributed by atoms with Gasteiger partial charge in [0.05, 0.1) is 48.3 Å². The molecule has 2 aliphatic heterocycles. The van der Waals surface area contributed by atoms with Gasteiger partial charge < -0.3 is 33.9 Å². The highest BCUT2D eigenvalue weighted by Gasteiger charge is 2.91. The van der Waals surface area contributed by atoms with Crippen LogP contribution in [0.4, 0.5) is 5.69 Å². The average molecular weight is 683 g/mol. The number of hydrogen-bond donors (Lipinski definition) is 2. The summed E-state index contributed by atoms with van der Waals surface area (Å²) in [7, 11) is 6.70. The minimum Gasteiger partial charge on any atom is -0.461 e. The molecule has 7 aliphatic rings. The highest BCUT2D eigenvalue weighted by atomic mass is 16.5. The molecule has 7 bridgehead atoms. The first kappa shape index (κ1) is 33.7. The van der Waals surface area contributed by atoms with Crippen molar-refractivity contribution in [3.63, 3.8) is 0 Å². The third-order valence-corrected chi connectivity index (χ3v) is 14.5. The van der Waals surface area contributed by atoms with E-state index in [2.05, 4.69) is 11.8 Å². The van der Waals surface area contributed by atoms with Gasteiger partial charge in [-0.15, -0.1) is 0 Å². The maximum Gasteiger partial charge on any atom is 0.340 e. The van der Waals surface area contributed by atoms with Crippen LogP contribution in [0.15, 0.2) is 24.3 Å². The Hall–Kier alpha value is -2.45. The Morgan fingerprint density at radius 3 is 2.43 bits per heavy atom. The molecule has 12 nitrogen and oxygen atoms in total. The highest BCUT2D eigenvalue weighted by molar-refractivity contribution is 6.22. The fraction of sp³-hybridized carbons (Fsp3) is 0.757. The molecular formula is C37H50N2O10. The van der Waals surface area contributed by atoms with Crippen LogP contribution in [-0.2, 0) is 33.3 Å². The van der Waals surface area contributed by atoms with E-state index in [0.29, 0.717) is 25.9 Å². The number of carbonyl (C=O) groups excluding carboxylic acids is 3. The second-order valence-corrected chi connectivity index (χ2v) is 16.0. The van der Waals surface area contributed by atoms with Crippen LogP contribution >= 0.6 is 0 Å². The van der Waals surface area contributed by atoms with Crippen molar-refractivity contribution < 1.29 is 48.3 Å². The van der Waals surface area contributed by atoms with Crippen LogP contribution in [-0.4, -0.2) is 123 Å². The van der Waals surface area contributed by atoms with Crippen molar-refractivity contribution >= 4 is 23.5 Å². The number of likely N-dealkylation sites (N-methyl/N-ethyl adjacent to an activating group) is 1. The summed E-state index contributed by atoms with van der Waals surface area (Å²) >= 11 is 0. The van der Waals surface area contributed by atoms with Crippen molar-refractivity contribution in [3.05, 3.63) is 29.8 Å². The Kier molecular flexibility index (Phi) is 7.75. The zero-order chi connectivity index (χ0) is 34.8. The zero-order valence-corrected chi connectivity index (χ0v) is 29.3. The molecule has 14 atom stereocenters. The van der Waals surface area contributed by atoms with E-state index in [9.17, 15) is 24.6 Å². The number of esters is 1. The molecule has 1 aromatic carbocycles. The Bertz CT molecular complexity index is 1560. The van der Waals surface area contributed by atoms with E-state index in [4.69, 9.17) is 23.7 Å². The molecular weight excluding hydrogens is 632 g/mol.